The van der Waals surface area contributed by atoms with Gasteiger partial charge in [-0.25, -0.2) is 0 Å². The van der Waals surface area contributed by atoms with Crippen LogP contribution in [0.5, 0.6) is 0 Å². The Bertz CT molecular complexity index is 159. The third-order valence-corrected chi connectivity index (χ3v) is 1.15. The van der Waals surface area contributed by atoms with Crippen LogP contribution in [-0.4, -0.2) is 16.6 Å². The van der Waals surface area contributed by atoms with E-state index in [2.05, 4.69) is 12.2 Å². The molecule has 0 aliphatic rings. The predicted octanol–water partition coefficient (Wildman–Crippen LogP) is 0.669. The van der Waals surface area contributed by atoms with Crippen molar-refractivity contribution in [3.8, 4) is 6.19 Å². The summed E-state index contributed by atoms with van der Waals surface area (Å²) in [6.45, 7) is 4.61. The van der Waals surface area contributed by atoms with Gasteiger partial charge >= 0.3 is 0 Å². The van der Waals surface area contributed by atoms with E-state index < -0.39 is 0 Å². The first kappa shape index (κ1) is 9.18. The Morgan fingerprint density at radius 2 is 2.30 bits per heavy atom. The third-order valence-electron chi connectivity index (χ3n) is 0.934. The van der Waals surface area contributed by atoms with E-state index in [-0.39, 0.29) is 5.11 Å². The summed E-state index contributed by atoms with van der Waals surface area (Å²) in [5, 5.41) is 8.60. The molecule has 4 heteroatoms. The van der Waals surface area contributed by atoms with Crippen molar-refractivity contribution in [1.82, 2.24) is 4.90 Å². The molecule has 0 atom stereocenters. The van der Waals surface area contributed by atoms with Crippen LogP contribution in [0.1, 0.15) is 13.8 Å². The molecule has 0 aromatic carbocycles. The summed E-state index contributed by atoms with van der Waals surface area (Å²) in [6.07, 6.45) is 1.90. The molecule has 0 aliphatic carbocycles. The second-order valence-corrected chi connectivity index (χ2v) is 2.86. The summed E-state index contributed by atoms with van der Waals surface area (Å²) in [4.78, 5) is 1.31. The average molecular weight is 157 g/mol. The van der Waals surface area contributed by atoms with Gasteiger partial charge in [-0.15, -0.1) is 0 Å². The Morgan fingerprint density at radius 3 is 2.40 bits per heavy atom. The molecule has 10 heavy (non-hydrogen) atoms. The summed E-state index contributed by atoms with van der Waals surface area (Å²) in [5.74, 6) is 0.404. The van der Waals surface area contributed by atoms with Gasteiger partial charge in [0, 0.05) is 6.54 Å². The van der Waals surface area contributed by atoms with E-state index in [0.717, 1.165) is 0 Å². The normalized spacial score (nSPS) is 9.00. The molecule has 0 aromatic heterocycles. The number of hydrogen-bond donors (Lipinski definition) is 1. The van der Waals surface area contributed by atoms with Crippen molar-refractivity contribution in [2.45, 2.75) is 13.8 Å². The van der Waals surface area contributed by atoms with Crippen LogP contribution in [0.25, 0.3) is 0 Å². The van der Waals surface area contributed by atoms with Gasteiger partial charge in [0.1, 0.15) is 0 Å². The van der Waals surface area contributed by atoms with Crippen molar-refractivity contribution in [2.24, 2.45) is 11.7 Å². The lowest BCUT2D eigenvalue weighted by Crippen LogP contribution is -2.33. The SMILES string of the molecule is CC(C)CN(C#N)C(N)=S. The summed E-state index contributed by atoms with van der Waals surface area (Å²) in [6, 6.07) is 0. The van der Waals surface area contributed by atoms with Gasteiger partial charge < -0.3 is 5.73 Å². The van der Waals surface area contributed by atoms with Crippen molar-refractivity contribution in [2.75, 3.05) is 6.54 Å². The molecule has 0 aromatic rings. The second kappa shape index (κ2) is 4.07. The molecule has 3 nitrogen and oxygen atoms in total. The standard InChI is InChI=1S/C6H11N3S/c1-5(2)3-9(4-7)6(8)10/h5H,3H2,1-2H3,(H2,8,10). The first-order valence-electron chi connectivity index (χ1n) is 3.04. The highest BCUT2D eigenvalue weighted by molar-refractivity contribution is 7.80. The van der Waals surface area contributed by atoms with Crippen molar-refractivity contribution in [1.29, 1.82) is 5.26 Å². The maximum atomic E-state index is 8.45. The molecule has 0 heterocycles. The van der Waals surface area contributed by atoms with Crippen molar-refractivity contribution < 1.29 is 0 Å². The molecule has 0 saturated heterocycles. The Morgan fingerprint density at radius 1 is 1.80 bits per heavy atom. The summed E-state index contributed by atoms with van der Waals surface area (Å²) >= 11 is 4.62. The fourth-order valence-corrected chi connectivity index (χ4v) is 0.661. The van der Waals surface area contributed by atoms with Crippen molar-refractivity contribution >= 4 is 17.3 Å². The maximum Gasteiger partial charge on any atom is 0.186 e. The lowest BCUT2D eigenvalue weighted by atomic mass is 10.2. The lowest BCUT2D eigenvalue weighted by Gasteiger charge is -2.14. The van der Waals surface area contributed by atoms with Crippen LogP contribution in [0.2, 0.25) is 0 Å². The van der Waals surface area contributed by atoms with Crippen molar-refractivity contribution in [3.05, 3.63) is 0 Å². The molecule has 0 aliphatic heterocycles. The van der Waals surface area contributed by atoms with Crippen LogP contribution in [0.4, 0.5) is 0 Å². The quantitative estimate of drug-likeness (QED) is 0.363. The second-order valence-electron chi connectivity index (χ2n) is 2.44. The first-order valence-corrected chi connectivity index (χ1v) is 3.45. The van der Waals surface area contributed by atoms with E-state index in [9.17, 15) is 0 Å². The zero-order valence-corrected chi connectivity index (χ0v) is 6.98. The summed E-state index contributed by atoms with van der Waals surface area (Å²) < 4.78 is 0. The molecule has 2 N–H and O–H groups in total. The average Bonchev–Trinajstić information content (AvgIpc) is 1.81. The van der Waals surface area contributed by atoms with Gasteiger partial charge in [0.05, 0.1) is 0 Å². The number of thiocarbonyl (C=S) groups is 1. The van der Waals surface area contributed by atoms with Gasteiger partial charge in [0.25, 0.3) is 0 Å². The monoisotopic (exact) mass is 157 g/mol. The predicted molar refractivity (Wildman–Crippen MR) is 43.9 cm³/mol. The minimum atomic E-state index is 0.149. The molecular weight excluding hydrogens is 146 g/mol. The number of rotatable bonds is 2. The molecular formula is C6H11N3S. The maximum absolute atomic E-state index is 8.45. The van der Waals surface area contributed by atoms with Gasteiger partial charge in [-0.1, -0.05) is 13.8 Å². The highest BCUT2D eigenvalue weighted by Gasteiger charge is 2.05. The van der Waals surface area contributed by atoms with E-state index in [1.165, 1.54) is 4.90 Å². The van der Waals surface area contributed by atoms with E-state index in [1.807, 2.05) is 20.0 Å². The summed E-state index contributed by atoms with van der Waals surface area (Å²) in [7, 11) is 0. The smallest absolute Gasteiger partial charge is 0.186 e. The van der Waals surface area contributed by atoms with Crippen molar-refractivity contribution in [3.63, 3.8) is 0 Å². The van der Waals surface area contributed by atoms with E-state index in [0.29, 0.717) is 12.5 Å². The molecule has 0 bridgehead atoms. The van der Waals surface area contributed by atoms with Crippen LogP contribution in [0.3, 0.4) is 0 Å². The Hall–Kier alpha value is -0.820. The van der Waals surface area contributed by atoms with Crippen LogP contribution in [0, 0.1) is 17.4 Å². The summed E-state index contributed by atoms with van der Waals surface area (Å²) in [5.41, 5.74) is 5.23. The number of nitrogens with two attached hydrogens (primary N) is 1. The fraction of sp³-hybridized carbons (Fsp3) is 0.667. The molecule has 0 unspecified atom stereocenters. The van der Waals surface area contributed by atoms with Crippen LogP contribution in [0.15, 0.2) is 0 Å². The van der Waals surface area contributed by atoms with E-state index in [1.54, 1.807) is 0 Å². The van der Waals surface area contributed by atoms with Gasteiger partial charge in [-0.3, -0.25) is 4.90 Å². The Labute approximate surface area is 66.4 Å². The van der Waals surface area contributed by atoms with Gasteiger partial charge in [-0.2, -0.15) is 5.26 Å². The highest BCUT2D eigenvalue weighted by Crippen LogP contribution is 1.95. The molecule has 0 rings (SSSR count). The third kappa shape index (κ3) is 3.25. The number of nitrogens with zero attached hydrogens (tertiary/aromatic N) is 2. The Balaban J connectivity index is 3.88. The van der Waals surface area contributed by atoms with Gasteiger partial charge in [0.15, 0.2) is 11.3 Å². The van der Waals surface area contributed by atoms with E-state index in [4.69, 9.17) is 11.0 Å². The zero-order chi connectivity index (χ0) is 8.15. The largest absolute Gasteiger partial charge is 0.375 e. The van der Waals surface area contributed by atoms with Gasteiger partial charge in [0.2, 0.25) is 0 Å². The molecule has 0 spiro atoms. The van der Waals surface area contributed by atoms with Crippen LogP contribution < -0.4 is 5.73 Å². The molecule has 56 valence electrons. The molecule has 0 amide bonds. The lowest BCUT2D eigenvalue weighted by molar-refractivity contribution is 0.472. The topological polar surface area (TPSA) is 53.0 Å². The minimum absolute atomic E-state index is 0.149. The fourth-order valence-electron chi connectivity index (χ4n) is 0.545. The zero-order valence-electron chi connectivity index (χ0n) is 6.16. The minimum Gasteiger partial charge on any atom is -0.375 e. The highest BCUT2D eigenvalue weighted by atomic mass is 32.1. The molecule has 0 saturated carbocycles. The van der Waals surface area contributed by atoms with Crippen LogP contribution >= 0.6 is 12.2 Å². The van der Waals surface area contributed by atoms with Crippen LogP contribution in [-0.2, 0) is 0 Å². The first-order chi connectivity index (χ1) is 4.57. The number of nitriles is 1. The van der Waals surface area contributed by atoms with Gasteiger partial charge in [-0.05, 0) is 18.1 Å². The Kier molecular flexibility index (Phi) is 3.74. The van der Waals surface area contributed by atoms with E-state index >= 15 is 0 Å². The molecule has 0 radical (unpaired) electrons. The molecule has 0 fully saturated rings. The number of hydrogen-bond acceptors (Lipinski definition) is 2.